The molecule has 0 bridgehead atoms. The molecular formula is C25H28ClFN2O2. The molecule has 2 heterocycles. The van der Waals surface area contributed by atoms with E-state index >= 15 is 0 Å². The molecule has 2 aliphatic rings. The van der Waals surface area contributed by atoms with Crippen LogP contribution in [0, 0.1) is 12.7 Å². The number of carbonyl (C=O) groups excluding carboxylic acids is 1. The van der Waals surface area contributed by atoms with Crippen LogP contribution in [-0.4, -0.2) is 37.4 Å². The minimum atomic E-state index is -0.654. The average Bonchev–Trinajstić information content (AvgIpc) is 2.77. The molecule has 0 radical (unpaired) electrons. The lowest BCUT2D eigenvalue weighted by atomic mass is 9.89. The molecule has 1 N–H and O–H groups in total. The van der Waals surface area contributed by atoms with Crippen molar-refractivity contribution in [3.05, 3.63) is 69.5 Å². The highest BCUT2D eigenvalue weighted by Gasteiger charge is 2.30. The molecule has 6 heteroatoms. The molecule has 2 aliphatic heterocycles. The predicted molar refractivity (Wildman–Crippen MR) is 122 cm³/mol. The Kier molecular flexibility index (Phi) is 6.93. The van der Waals surface area contributed by atoms with E-state index in [0.29, 0.717) is 28.6 Å². The van der Waals surface area contributed by atoms with E-state index in [1.807, 2.05) is 25.1 Å². The van der Waals surface area contributed by atoms with Crippen molar-refractivity contribution >= 4 is 29.3 Å². The minimum absolute atomic E-state index is 0.361. The van der Waals surface area contributed by atoms with Gasteiger partial charge in [-0.2, -0.15) is 0 Å². The van der Waals surface area contributed by atoms with E-state index in [-0.39, 0.29) is 5.82 Å². The first-order valence-corrected chi connectivity index (χ1v) is 11.3. The van der Waals surface area contributed by atoms with Crippen LogP contribution in [0.4, 0.5) is 4.39 Å². The van der Waals surface area contributed by atoms with E-state index in [2.05, 4.69) is 10.2 Å². The molecule has 4 nitrogen and oxygen atoms in total. The molecule has 0 spiro atoms. The van der Waals surface area contributed by atoms with Gasteiger partial charge >= 0.3 is 0 Å². The number of nitrogens with one attached hydrogen (secondary N) is 1. The second-order valence-corrected chi connectivity index (χ2v) is 8.70. The molecule has 0 aliphatic carbocycles. The number of hydrogen-bond donors (Lipinski definition) is 1. The zero-order valence-corrected chi connectivity index (χ0v) is 18.6. The normalized spacial score (nSPS) is 19.0. The summed E-state index contributed by atoms with van der Waals surface area (Å²) in [6.07, 6.45) is 5.55. The Bertz CT molecular complexity index is 985. The van der Waals surface area contributed by atoms with E-state index in [1.54, 1.807) is 6.07 Å². The van der Waals surface area contributed by atoms with Gasteiger partial charge in [-0.3, -0.25) is 0 Å². The molecule has 31 heavy (non-hydrogen) atoms. The lowest BCUT2D eigenvalue weighted by Gasteiger charge is -2.31. The Labute approximate surface area is 188 Å². The van der Waals surface area contributed by atoms with Crippen molar-refractivity contribution in [3.63, 3.8) is 0 Å². The number of aldehydes is 1. The maximum Gasteiger partial charge on any atom is 0.150 e. The summed E-state index contributed by atoms with van der Waals surface area (Å²) >= 11 is 6.23. The SMILES string of the molecule is Cc1cc(F)cc2c1C(OCCCN1CCCCC1)=C(c1cccc(Cl)c1)NC2C=O. The fraction of sp³-hybridized carbons (Fsp3) is 0.400. The highest BCUT2D eigenvalue weighted by Crippen LogP contribution is 2.39. The summed E-state index contributed by atoms with van der Waals surface area (Å²) in [6.45, 7) is 5.70. The molecule has 4 rings (SSSR count). The molecular weight excluding hydrogens is 415 g/mol. The smallest absolute Gasteiger partial charge is 0.150 e. The van der Waals surface area contributed by atoms with Gasteiger partial charge in [0.15, 0.2) is 5.76 Å². The largest absolute Gasteiger partial charge is 0.491 e. The number of nitrogens with zero attached hydrogens (tertiary/aromatic N) is 1. The molecule has 2 aromatic carbocycles. The van der Waals surface area contributed by atoms with Crippen LogP contribution in [0.5, 0.6) is 0 Å². The van der Waals surface area contributed by atoms with Crippen molar-refractivity contribution in [2.75, 3.05) is 26.2 Å². The van der Waals surface area contributed by atoms with Crippen LogP contribution in [0.2, 0.25) is 5.02 Å². The number of halogens is 2. The number of fused-ring (bicyclic) bond motifs is 1. The summed E-state index contributed by atoms with van der Waals surface area (Å²) in [7, 11) is 0. The second-order valence-electron chi connectivity index (χ2n) is 8.26. The zero-order chi connectivity index (χ0) is 21.8. The Morgan fingerprint density at radius 2 is 2.03 bits per heavy atom. The van der Waals surface area contributed by atoms with Crippen LogP contribution >= 0.6 is 11.6 Å². The Morgan fingerprint density at radius 1 is 1.23 bits per heavy atom. The first-order chi connectivity index (χ1) is 15.1. The van der Waals surface area contributed by atoms with Gasteiger partial charge in [0.1, 0.15) is 18.1 Å². The van der Waals surface area contributed by atoms with Crippen LogP contribution in [0.15, 0.2) is 36.4 Å². The van der Waals surface area contributed by atoms with Gasteiger partial charge in [-0.05, 0) is 74.7 Å². The van der Waals surface area contributed by atoms with Crippen molar-refractivity contribution in [1.29, 1.82) is 0 Å². The van der Waals surface area contributed by atoms with Gasteiger partial charge < -0.3 is 19.7 Å². The van der Waals surface area contributed by atoms with Crippen LogP contribution in [0.25, 0.3) is 11.5 Å². The Balaban J connectivity index is 1.66. The number of hydrogen-bond acceptors (Lipinski definition) is 4. The van der Waals surface area contributed by atoms with Crippen molar-refractivity contribution in [2.45, 2.75) is 38.6 Å². The number of rotatable bonds is 7. The highest BCUT2D eigenvalue weighted by atomic mass is 35.5. The lowest BCUT2D eigenvalue weighted by Crippen LogP contribution is -2.31. The van der Waals surface area contributed by atoms with Crippen molar-refractivity contribution in [2.24, 2.45) is 0 Å². The fourth-order valence-electron chi connectivity index (χ4n) is 4.50. The molecule has 1 atom stereocenters. The number of carbonyl (C=O) groups is 1. The van der Waals surface area contributed by atoms with Crippen LogP contribution in [0.3, 0.4) is 0 Å². The Morgan fingerprint density at radius 3 is 2.77 bits per heavy atom. The molecule has 1 unspecified atom stereocenters. The summed E-state index contributed by atoms with van der Waals surface area (Å²) in [6, 6.07) is 9.68. The van der Waals surface area contributed by atoms with Gasteiger partial charge in [0.25, 0.3) is 0 Å². The molecule has 164 valence electrons. The maximum absolute atomic E-state index is 14.2. The van der Waals surface area contributed by atoms with Gasteiger partial charge in [-0.15, -0.1) is 0 Å². The topological polar surface area (TPSA) is 41.6 Å². The second kappa shape index (κ2) is 9.84. The summed E-state index contributed by atoms with van der Waals surface area (Å²) in [4.78, 5) is 14.3. The lowest BCUT2D eigenvalue weighted by molar-refractivity contribution is -0.109. The molecule has 0 aromatic heterocycles. The summed E-state index contributed by atoms with van der Waals surface area (Å²) < 4.78 is 20.5. The quantitative estimate of drug-likeness (QED) is 0.463. The third kappa shape index (κ3) is 4.94. The third-order valence-electron chi connectivity index (χ3n) is 5.98. The van der Waals surface area contributed by atoms with Gasteiger partial charge in [0.2, 0.25) is 0 Å². The fourth-order valence-corrected chi connectivity index (χ4v) is 4.69. The number of benzene rings is 2. The monoisotopic (exact) mass is 442 g/mol. The number of aryl methyl sites for hydroxylation is 1. The number of likely N-dealkylation sites (tertiary alicyclic amines) is 1. The van der Waals surface area contributed by atoms with Crippen molar-refractivity contribution in [3.8, 4) is 0 Å². The van der Waals surface area contributed by atoms with Gasteiger partial charge in [-0.25, -0.2) is 4.39 Å². The molecule has 0 saturated carbocycles. The molecule has 0 amide bonds. The average molecular weight is 443 g/mol. The summed E-state index contributed by atoms with van der Waals surface area (Å²) in [5, 5.41) is 3.85. The minimum Gasteiger partial charge on any atom is -0.491 e. The molecule has 1 fully saturated rings. The van der Waals surface area contributed by atoms with Gasteiger partial charge in [-0.1, -0.05) is 30.2 Å². The first-order valence-electron chi connectivity index (χ1n) is 10.9. The number of ether oxygens (including phenoxy) is 1. The highest BCUT2D eigenvalue weighted by molar-refractivity contribution is 6.30. The Hall–Kier alpha value is -2.37. The molecule has 2 aromatic rings. The van der Waals surface area contributed by atoms with Crippen LogP contribution in [0.1, 0.15) is 54.0 Å². The van der Waals surface area contributed by atoms with Crippen LogP contribution < -0.4 is 5.32 Å². The third-order valence-corrected chi connectivity index (χ3v) is 6.22. The van der Waals surface area contributed by atoms with Crippen molar-refractivity contribution in [1.82, 2.24) is 10.2 Å². The van der Waals surface area contributed by atoms with Gasteiger partial charge in [0.05, 0.1) is 12.3 Å². The summed E-state index contributed by atoms with van der Waals surface area (Å²) in [5.74, 6) is 0.284. The zero-order valence-electron chi connectivity index (χ0n) is 17.8. The van der Waals surface area contributed by atoms with E-state index in [1.165, 1.54) is 31.4 Å². The van der Waals surface area contributed by atoms with Gasteiger partial charge in [0, 0.05) is 22.7 Å². The van der Waals surface area contributed by atoms with E-state index in [0.717, 1.165) is 49.0 Å². The van der Waals surface area contributed by atoms with Crippen LogP contribution in [-0.2, 0) is 9.53 Å². The predicted octanol–water partition coefficient (Wildman–Crippen LogP) is 5.35. The van der Waals surface area contributed by atoms with E-state index in [4.69, 9.17) is 16.3 Å². The van der Waals surface area contributed by atoms with E-state index < -0.39 is 6.04 Å². The first kappa shape index (κ1) is 21.8. The summed E-state index contributed by atoms with van der Waals surface area (Å²) in [5.41, 5.74) is 3.67. The molecule has 1 saturated heterocycles. The standard InChI is InChI=1S/C25H28ClFN2O2/c1-17-13-20(27)15-21-22(16-30)28-24(18-7-5-8-19(26)14-18)25(23(17)21)31-12-6-11-29-9-3-2-4-10-29/h5,7-8,13-16,22,28H,2-4,6,9-12H2,1H3. The maximum atomic E-state index is 14.2. The van der Waals surface area contributed by atoms with Crippen molar-refractivity contribution < 1.29 is 13.9 Å². The van der Waals surface area contributed by atoms with E-state index in [9.17, 15) is 9.18 Å². The number of piperidine rings is 1.